The second kappa shape index (κ2) is 5.41. The summed E-state index contributed by atoms with van der Waals surface area (Å²) < 4.78 is 2.66. The lowest BCUT2D eigenvalue weighted by Gasteiger charge is -2.36. The van der Waals surface area contributed by atoms with Gasteiger partial charge in [-0.25, -0.2) is 0 Å². The monoisotopic (exact) mass is 351 g/mol. The molecule has 0 spiro atoms. The summed E-state index contributed by atoms with van der Waals surface area (Å²) in [7, 11) is 4.18. The number of H-pyrrole nitrogens is 1. The molecule has 116 valence electrons. The molecule has 4 rings (SSSR count). The number of halogens is 1. The number of rotatable bonds is 2. The second-order valence-corrected chi connectivity index (χ2v) is 8.27. The summed E-state index contributed by atoms with van der Waals surface area (Å²) in [4.78, 5) is 6.83. The molecule has 3 nitrogen and oxygen atoms in total. The molecule has 2 atom stereocenters. The van der Waals surface area contributed by atoms with Gasteiger partial charge in [-0.2, -0.15) is 0 Å². The van der Waals surface area contributed by atoms with Gasteiger partial charge in [0.05, 0.1) is 16.1 Å². The predicted molar refractivity (Wildman–Crippen MR) is 96.5 cm³/mol. The average Bonchev–Trinajstić information content (AvgIpc) is 2.88. The molecule has 2 aromatic rings. The van der Waals surface area contributed by atoms with Crippen LogP contribution in [0.3, 0.4) is 0 Å². The first-order valence-corrected chi connectivity index (χ1v) is 9.15. The third-order valence-corrected chi connectivity index (χ3v) is 7.05. The summed E-state index contributed by atoms with van der Waals surface area (Å²) in [6, 6.07) is 5.37. The molecule has 2 bridgehead atoms. The Morgan fingerprint density at radius 3 is 2.59 bits per heavy atom. The Morgan fingerprint density at radius 1 is 1.23 bits per heavy atom. The van der Waals surface area contributed by atoms with Crippen molar-refractivity contribution in [3.05, 3.63) is 34.1 Å². The number of aryl methyl sites for hydroxylation is 1. The minimum Gasteiger partial charge on any atom is -0.331 e. The highest BCUT2D eigenvalue weighted by molar-refractivity contribution is 8.00. The number of piperidine rings is 1. The molecule has 1 saturated heterocycles. The van der Waals surface area contributed by atoms with E-state index in [2.05, 4.69) is 41.2 Å². The Balaban J connectivity index is 1.64. The van der Waals surface area contributed by atoms with Crippen LogP contribution in [-0.2, 0) is 7.05 Å². The third kappa shape index (κ3) is 2.26. The number of nitrogens with one attached hydrogen (secondary N) is 1. The fourth-order valence-electron chi connectivity index (χ4n) is 3.54. The molecular formula is C16H18ClN3S2. The number of thioether (sulfide) groups is 1. The zero-order chi connectivity index (χ0) is 15.4. The van der Waals surface area contributed by atoms with Crippen LogP contribution in [0.4, 0.5) is 0 Å². The van der Waals surface area contributed by atoms with Gasteiger partial charge in [-0.3, -0.25) is 4.90 Å². The number of likely N-dealkylation sites (N-methyl/N-ethyl adjacent to an activating group) is 1. The van der Waals surface area contributed by atoms with E-state index in [9.17, 15) is 0 Å². The predicted octanol–water partition coefficient (Wildman–Crippen LogP) is 4.38. The van der Waals surface area contributed by atoms with Crippen LogP contribution in [0.15, 0.2) is 29.2 Å². The minimum absolute atomic E-state index is 0.585. The molecule has 0 radical (unpaired) electrons. The molecule has 1 aromatic carbocycles. The zero-order valence-electron chi connectivity index (χ0n) is 12.5. The van der Waals surface area contributed by atoms with Crippen molar-refractivity contribution in [2.45, 2.75) is 35.1 Å². The Labute approximate surface area is 144 Å². The maximum Gasteiger partial charge on any atom is 0.177 e. The number of fused-ring (bicyclic) bond motifs is 3. The number of imidazole rings is 1. The van der Waals surface area contributed by atoms with Crippen LogP contribution in [0.25, 0.3) is 11.0 Å². The molecule has 0 saturated carbocycles. The van der Waals surface area contributed by atoms with Gasteiger partial charge in [0.1, 0.15) is 0 Å². The van der Waals surface area contributed by atoms with Crippen molar-refractivity contribution in [2.75, 3.05) is 7.05 Å². The van der Waals surface area contributed by atoms with Crippen molar-refractivity contribution in [3.8, 4) is 0 Å². The summed E-state index contributed by atoms with van der Waals surface area (Å²) >= 11 is 13.9. The number of benzene rings is 1. The molecular weight excluding hydrogens is 334 g/mol. The van der Waals surface area contributed by atoms with Crippen LogP contribution in [-0.4, -0.2) is 38.8 Å². The summed E-state index contributed by atoms with van der Waals surface area (Å²) in [5.41, 5.74) is 2.01. The smallest absolute Gasteiger partial charge is 0.177 e. The topological polar surface area (TPSA) is 24.0 Å². The van der Waals surface area contributed by atoms with E-state index >= 15 is 0 Å². The summed E-state index contributed by atoms with van der Waals surface area (Å²) in [6.45, 7) is 0. The van der Waals surface area contributed by atoms with E-state index in [0.717, 1.165) is 21.0 Å². The van der Waals surface area contributed by atoms with Crippen LogP contribution in [0.1, 0.15) is 12.8 Å². The Bertz CT molecular complexity index is 807. The summed E-state index contributed by atoms with van der Waals surface area (Å²) in [5.74, 6) is 0. The Hall–Kier alpha value is -0.750. The van der Waals surface area contributed by atoms with E-state index in [4.69, 9.17) is 23.8 Å². The van der Waals surface area contributed by atoms with Crippen LogP contribution < -0.4 is 0 Å². The van der Waals surface area contributed by atoms with Crippen molar-refractivity contribution < 1.29 is 0 Å². The standard InChI is InChI=1S/C16H18ClN3S2/c1-19-9-3-4-10(19)8-11(7-9)22-13-6-5-12-15(14(13)17)20(2)16(21)18-12/h3-6,9-11H,7-8H2,1-2H3,(H,18,21). The Morgan fingerprint density at radius 2 is 1.91 bits per heavy atom. The van der Waals surface area contributed by atoms with E-state index in [1.165, 1.54) is 12.8 Å². The minimum atomic E-state index is 0.585. The van der Waals surface area contributed by atoms with E-state index in [-0.39, 0.29) is 0 Å². The zero-order valence-corrected chi connectivity index (χ0v) is 14.9. The first kappa shape index (κ1) is 14.8. The number of aromatic amines is 1. The maximum absolute atomic E-state index is 6.66. The summed E-state index contributed by atoms with van der Waals surface area (Å²) in [5, 5.41) is 1.43. The quantitative estimate of drug-likeness (QED) is 0.641. The number of aromatic nitrogens is 2. The van der Waals surface area contributed by atoms with E-state index in [1.807, 2.05) is 23.4 Å². The SMILES string of the molecule is CN1C2C=CC1CC(Sc1ccc3[nH]c(=S)n(C)c3c1Cl)C2. The largest absolute Gasteiger partial charge is 0.331 e. The van der Waals surface area contributed by atoms with Crippen molar-refractivity contribution in [1.82, 2.24) is 14.5 Å². The normalized spacial score (nSPS) is 27.9. The molecule has 6 heteroatoms. The molecule has 0 aliphatic carbocycles. The lowest BCUT2D eigenvalue weighted by atomic mass is 10.0. The lowest BCUT2D eigenvalue weighted by Crippen LogP contribution is -2.41. The van der Waals surface area contributed by atoms with Crippen LogP contribution in [0.5, 0.6) is 0 Å². The van der Waals surface area contributed by atoms with Gasteiger partial charge in [-0.1, -0.05) is 23.8 Å². The number of hydrogen-bond acceptors (Lipinski definition) is 3. The highest BCUT2D eigenvalue weighted by Crippen LogP contribution is 2.42. The third-order valence-electron chi connectivity index (χ3n) is 4.87. The first-order chi connectivity index (χ1) is 10.5. The van der Waals surface area contributed by atoms with Crippen LogP contribution >= 0.6 is 35.6 Å². The van der Waals surface area contributed by atoms with Gasteiger partial charge in [-0.15, -0.1) is 11.8 Å². The number of hydrogen-bond donors (Lipinski definition) is 1. The van der Waals surface area contributed by atoms with Crippen molar-refractivity contribution in [3.63, 3.8) is 0 Å². The van der Waals surface area contributed by atoms with E-state index < -0.39 is 0 Å². The highest BCUT2D eigenvalue weighted by Gasteiger charge is 2.35. The van der Waals surface area contributed by atoms with Crippen LogP contribution in [0, 0.1) is 4.77 Å². The van der Waals surface area contributed by atoms with Gasteiger partial charge >= 0.3 is 0 Å². The second-order valence-electron chi connectivity index (χ2n) is 6.16. The van der Waals surface area contributed by atoms with Crippen molar-refractivity contribution >= 4 is 46.6 Å². The van der Waals surface area contributed by atoms with Crippen molar-refractivity contribution in [2.24, 2.45) is 7.05 Å². The molecule has 0 amide bonds. The highest BCUT2D eigenvalue weighted by atomic mass is 35.5. The number of nitrogens with zero attached hydrogens (tertiary/aromatic N) is 2. The van der Waals surface area contributed by atoms with Gasteiger partial charge in [0.2, 0.25) is 0 Å². The average molecular weight is 352 g/mol. The maximum atomic E-state index is 6.66. The first-order valence-electron chi connectivity index (χ1n) is 7.48. The molecule has 1 aromatic heterocycles. The van der Waals surface area contributed by atoms with E-state index in [0.29, 0.717) is 22.1 Å². The van der Waals surface area contributed by atoms with Gasteiger partial charge in [0.15, 0.2) is 4.77 Å². The van der Waals surface area contributed by atoms with Crippen molar-refractivity contribution in [1.29, 1.82) is 0 Å². The summed E-state index contributed by atoms with van der Waals surface area (Å²) in [6.07, 6.45) is 7.08. The molecule has 2 aliphatic rings. The van der Waals surface area contributed by atoms with Gasteiger partial charge in [0, 0.05) is 29.3 Å². The van der Waals surface area contributed by atoms with Crippen LogP contribution in [0.2, 0.25) is 5.02 Å². The lowest BCUT2D eigenvalue weighted by molar-refractivity contribution is 0.200. The molecule has 2 unspecified atom stereocenters. The van der Waals surface area contributed by atoms with Gasteiger partial charge in [0.25, 0.3) is 0 Å². The molecule has 1 fully saturated rings. The molecule has 1 N–H and O–H groups in total. The molecule has 3 heterocycles. The Kier molecular flexibility index (Phi) is 3.64. The van der Waals surface area contributed by atoms with Gasteiger partial charge in [-0.05, 0) is 44.2 Å². The van der Waals surface area contributed by atoms with Gasteiger partial charge < -0.3 is 9.55 Å². The molecule has 2 aliphatic heterocycles. The van der Waals surface area contributed by atoms with E-state index in [1.54, 1.807) is 0 Å². The fraction of sp³-hybridized carbons (Fsp3) is 0.438. The fourth-order valence-corrected chi connectivity index (χ4v) is 5.46. The molecule has 22 heavy (non-hydrogen) atoms.